The molecule has 2 aliphatic rings. The molecule has 1 atom stereocenters. The van der Waals surface area contributed by atoms with E-state index in [0.29, 0.717) is 24.8 Å². The van der Waals surface area contributed by atoms with Crippen LogP contribution in [0.1, 0.15) is 30.8 Å². The Morgan fingerprint density at radius 3 is 2.88 bits per heavy atom. The smallest absolute Gasteiger partial charge is 0.370 e. The SMILES string of the molecule is CCc1nn(CCOCC(F)(F)F)c2c1CN(N1CCN[C@H](C)C1)C=C2Nc1ccncn1. The molecule has 0 amide bonds. The molecule has 2 aliphatic heterocycles. The number of hydrogen-bond donors (Lipinski definition) is 2. The Balaban J connectivity index is 1.63. The van der Waals surface area contributed by atoms with E-state index < -0.39 is 12.8 Å². The molecule has 1 saturated heterocycles. The summed E-state index contributed by atoms with van der Waals surface area (Å²) in [7, 11) is 0. The Kier molecular flexibility index (Phi) is 7.15. The number of piperazine rings is 1. The van der Waals surface area contributed by atoms with E-state index in [1.807, 2.05) is 13.1 Å². The van der Waals surface area contributed by atoms with Gasteiger partial charge in [-0.25, -0.2) is 15.0 Å². The van der Waals surface area contributed by atoms with Gasteiger partial charge in [0, 0.05) is 43.6 Å². The van der Waals surface area contributed by atoms with Crippen LogP contribution in [-0.2, 0) is 24.2 Å². The van der Waals surface area contributed by atoms with Gasteiger partial charge < -0.3 is 20.4 Å². The minimum absolute atomic E-state index is 0.0867. The van der Waals surface area contributed by atoms with Gasteiger partial charge >= 0.3 is 6.18 Å². The highest BCUT2D eigenvalue weighted by Crippen LogP contribution is 2.31. The van der Waals surface area contributed by atoms with Gasteiger partial charge in [-0.15, -0.1) is 0 Å². The fourth-order valence-corrected chi connectivity index (χ4v) is 4.14. The van der Waals surface area contributed by atoms with Crippen LogP contribution in [0, 0.1) is 0 Å². The zero-order chi connectivity index (χ0) is 23.4. The maximum atomic E-state index is 12.5. The molecule has 0 aromatic carbocycles. The highest BCUT2D eigenvalue weighted by molar-refractivity contribution is 5.76. The predicted molar refractivity (Wildman–Crippen MR) is 117 cm³/mol. The minimum atomic E-state index is -4.35. The second-order valence-electron chi connectivity index (χ2n) is 8.15. The van der Waals surface area contributed by atoms with Gasteiger partial charge in [0.1, 0.15) is 18.8 Å². The van der Waals surface area contributed by atoms with Crippen LogP contribution in [-0.4, -0.2) is 74.8 Å². The molecule has 1 fully saturated rings. The van der Waals surface area contributed by atoms with Gasteiger partial charge in [0.05, 0.1) is 36.8 Å². The van der Waals surface area contributed by atoms with Crippen molar-refractivity contribution in [1.82, 2.24) is 35.1 Å². The van der Waals surface area contributed by atoms with E-state index in [9.17, 15) is 13.2 Å². The van der Waals surface area contributed by atoms with Crippen LogP contribution in [0.5, 0.6) is 0 Å². The Hall–Kier alpha value is -2.70. The van der Waals surface area contributed by atoms with E-state index in [2.05, 4.69) is 37.5 Å². The summed E-state index contributed by atoms with van der Waals surface area (Å²) >= 11 is 0. The van der Waals surface area contributed by atoms with E-state index in [0.717, 1.165) is 42.3 Å². The van der Waals surface area contributed by atoms with Crippen molar-refractivity contribution >= 4 is 11.5 Å². The zero-order valence-electron chi connectivity index (χ0n) is 18.8. The van der Waals surface area contributed by atoms with Crippen LogP contribution >= 0.6 is 0 Å². The highest BCUT2D eigenvalue weighted by atomic mass is 19.4. The van der Waals surface area contributed by atoms with Crippen molar-refractivity contribution in [3.8, 4) is 0 Å². The fourth-order valence-electron chi connectivity index (χ4n) is 4.14. The Labute approximate surface area is 190 Å². The number of anilines is 1. The third kappa shape index (κ3) is 5.81. The lowest BCUT2D eigenvalue weighted by atomic mass is 10.1. The number of hydrazine groups is 1. The van der Waals surface area contributed by atoms with Crippen molar-refractivity contribution < 1.29 is 17.9 Å². The van der Waals surface area contributed by atoms with Crippen molar-refractivity contribution in [3.05, 3.63) is 41.7 Å². The average Bonchev–Trinajstić information content (AvgIpc) is 3.15. The molecule has 33 heavy (non-hydrogen) atoms. The maximum absolute atomic E-state index is 12.5. The first-order valence-electron chi connectivity index (χ1n) is 11.1. The van der Waals surface area contributed by atoms with Gasteiger partial charge in [0.15, 0.2) is 0 Å². The van der Waals surface area contributed by atoms with Gasteiger partial charge in [0.25, 0.3) is 0 Å². The summed E-state index contributed by atoms with van der Waals surface area (Å²) in [6, 6.07) is 2.13. The molecule has 180 valence electrons. The number of alkyl halides is 3. The summed E-state index contributed by atoms with van der Waals surface area (Å²) in [5.41, 5.74) is 3.60. The van der Waals surface area contributed by atoms with Crippen molar-refractivity contribution in [1.29, 1.82) is 0 Å². The molecule has 0 radical (unpaired) electrons. The van der Waals surface area contributed by atoms with Crippen LogP contribution in [0.25, 0.3) is 5.70 Å². The minimum Gasteiger partial charge on any atom is -0.370 e. The first-order chi connectivity index (χ1) is 15.8. The third-order valence-electron chi connectivity index (χ3n) is 5.59. The Morgan fingerprint density at radius 2 is 2.18 bits per heavy atom. The average molecular weight is 467 g/mol. The quantitative estimate of drug-likeness (QED) is 0.574. The topological polar surface area (TPSA) is 83.4 Å². The molecule has 12 heteroatoms. The van der Waals surface area contributed by atoms with Crippen LogP contribution in [0.2, 0.25) is 0 Å². The number of ether oxygens (including phenoxy) is 1. The molecule has 2 aromatic heterocycles. The molecule has 2 aromatic rings. The Morgan fingerprint density at radius 1 is 1.33 bits per heavy atom. The van der Waals surface area contributed by atoms with Crippen molar-refractivity contribution in [2.45, 2.75) is 45.6 Å². The van der Waals surface area contributed by atoms with Crippen molar-refractivity contribution in [2.75, 3.05) is 38.2 Å². The monoisotopic (exact) mass is 466 g/mol. The Bertz CT molecular complexity index is 962. The van der Waals surface area contributed by atoms with Gasteiger partial charge in [-0.05, 0) is 19.4 Å². The van der Waals surface area contributed by atoms with E-state index in [1.165, 1.54) is 6.33 Å². The first kappa shape index (κ1) is 23.5. The van der Waals surface area contributed by atoms with Gasteiger partial charge in [-0.3, -0.25) is 4.68 Å². The van der Waals surface area contributed by atoms with Crippen LogP contribution < -0.4 is 10.6 Å². The number of halogens is 3. The number of hydrogen-bond acceptors (Lipinski definition) is 8. The standard InChI is InChI=1S/C21H29F3N8O/c1-3-17-16-11-31(30-7-6-26-15(2)10-30)12-18(28-19-4-5-25-14-27-19)20(16)32(29-17)8-9-33-13-21(22,23)24/h4-5,12,14-15,26H,3,6-11,13H2,1-2H3,(H,25,27,28)/t15-/m1/s1. The first-order valence-corrected chi connectivity index (χ1v) is 11.1. The summed E-state index contributed by atoms with van der Waals surface area (Å²) in [5.74, 6) is 0.622. The number of nitrogens with one attached hydrogen (secondary N) is 2. The lowest BCUT2D eigenvalue weighted by Gasteiger charge is -2.41. The van der Waals surface area contributed by atoms with Crippen molar-refractivity contribution in [3.63, 3.8) is 0 Å². The summed E-state index contributed by atoms with van der Waals surface area (Å²) in [6.07, 6.45) is 1.50. The summed E-state index contributed by atoms with van der Waals surface area (Å²) in [6.45, 7) is 6.32. The molecule has 0 aliphatic carbocycles. The predicted octanol–water partition coefficient (Wildman–Crippen LogP) is 2.25. The van der Waals surface area contributed by atoms with Gasteiger partial charge in [-0.1, -0.05) is 6.92 Å². The number of fused-ring (bicyclic) bond motifs is 1. The van der Waals surface area contributed by atoms with E-state index in [1.54, 1.807) is 16.9 Å². The molecule has 0 saturated carbocycles. The third-order valence-corrected chi connectivity index (χ3v) is 5.59. The molecular weight excluding hydrogens is 437 g/mol. The molecular formula is C21H29F3N8O. The second-order valence-corrected chi connectivity index (χ2v) is 8.15. The molecule has 9 nitrogen and oxygen atoms in total. The number of aryl methyl sites for hydroxylation is 1. The number of aromatic nitrogens is 4. The van der Waals surface area contributed by atoms with E-state index >= 15 is 0 Å². The van der Waals surface area contributed by atoms with Crippen LogP contribution in [0.4, 0.5) is 19.0 Å². The molecule has 4 rings (SSSR count). The lowest BCUT2D eigenvalue weighted by molar-refractivity contribution is -0.174. The van der Waals surface area contributed by atoms with Crippen LogP contribution in [0.3, 0.4) is 0 Å². The molecule has 0 unspecified atom stereocenters. The van der Waals surface area contributed by atoms with E-state index in [4.69, 9.17) is 9.84 Å². The zero-order valence-corrected chi connectivity index (χ0v) is 18.8. The van der Waals surface area contributed by atoms with Gasteiger partial charge in [0.2, 0.25) is 0 Å². The normalized spacial score (nSPS) is 19.4. The molecule has 0 bridgehead atoms. The maximum Gasteiger partial charge on any atom is 0.411 e. The second kappa shape index (κ2) is 10.1. The summed E-state index contributed by atoms with van der Waals surface area (Å²) < 4.78 is 44.0. The summed E-state index contributed by atoms with van der Waals surface area (Å²) in [5, 5.41) is 16.0. The molecule has 4 heterocycles. The summed E-state index contributed by atoms with van der Waals surface area (Å²) in [4.78, 5) is 8.23. The van der Waals surface area contributed by atoms with Crippen molar-refractivity contribution in [2.24, 2.45) is 0 Å². The molecule has 2 N–H and O–H groups in total. The van der Waals surface area contributed by atoms with Crippen LogP contribution in [0.15, 0.2) is 24.8 Å². The largest absolute Gasteiger partial charge is 0.411 e. The molecule has 0 spiro atoms. The lowest BCUT2D eigenvalue weighted by Crippen LogP contribution is -2.54. The number of rotatable bonds is 8. The number of nitrogens with zero attached hydrogens (tertiary/aromatic N) is 6. The highest BCUT2D eigenvalue weighted by Gasteiger charge is 2.31. The fraction of sp³-hybridized carbons (Fsp3) is 0.571. The van der Waals surface area contributed by atoms with Gasteiger partial charge in [-0.2, -0.15) is 18.3 Å². The van der Waals surface area contributed by atoms with E-state index in [-0.39, 0.29) is 13.2 Å².